The van der Waals surface area contributed by atoms with E-state index in [2.05, 4.69) is 41.7 Å². The molecule has 0 aliphatic carbocycles. The van der Waals surface area contributed by atoms with Crippen LogP contribution in [-0.2, 0) is 4.79 Å². The van der Waals surface area contributed by atoms with Crippen molar-refractivity contribution in [3.8, 4) is 5.75 Å². The minimum atomic E-state index is -0.158. The van der Waals surface area contributed by atoms with Crippen molar-refractivity contribution in [3.63, 3.8) is 0 Å². The molecule has 0 aliphatic heterocycles. The highest BCUT2D eigenvalue weighted by Gasteiger charge is 2.07. The summed E-state index contributed by atoms with van der Waals surface area (Å²) in [4.78, 5) is 11.4. The number of benzene rings is 1. The van der Waals surface area contributed by atoms with E-state index in [4.69, 9.17) is 4.74 Å². The van der Waals surface area contributed by atoms with Gasteiger partial charge in [0.1, 0.15) is 5.75 Å². The molecule has 0 saturated carbocycles. The second-order valence-electron chi connectivity index (χ2n) is 4.23. The van der Waals surface area contributed by atoms with Gasteiger partial charge in [-0.2, -0.15) is 0 Å². The molecule has 18 heavy (non-hydrogen) atoms. The van der Waals surface area contributed by atoms with Gasteiger partial charge in [-0.25, -0.2) is 0 Å². The number of carbonyl (C=O) groups is 1. The summed E-state index contributed by atoms with van der Waals surface area (Å²) in [5, 5.41) is 2.65. The van der Waals surface area contributed by atoms with Crippen molar-refractivity contribution >= 4 is 21.8 Å². The summed E-state index contributed by atoms with van der Waals surface area (Å²) in [5.74, 6) is 0.981. The Morgan fingerprint density at radius 1 is 1.56 bits per heavy atom. The summed E-state index contributed by atoms with van der Waals surface area (Å²) in [6.07, 6.45) is 1.63. The molecule has 1 rings (SSSR count). The van der Waals surface area contributed by atoms with Crippen LogP contribution in [0.4, 0.5) is 0 Å². The van der Waals surface area contributed by atoms with Gasteiger partial charge in [0.25, 0.3) is 5.91 Å². The second-order valence-corrected chi connectivity index (χ2v) is 5.08. The third-order valence-corrected chi connectivity index (χ3v) is 3.04. The first-order valence-corrected chi connectivity index (χ1v) is 6.63. The van der Waals surface area contributed by atoms with Crippen LogP contribution in [-0.4, -0.2) is 19.1 Å². The van der Waals surface area contributed by atoms with Crippen molar-refractivity contribution in [1.82, 2.24) is 5.32 Å². The average Bonchev–Trinajstić information content (AvgIpc) is 2.34. The molecule has 1 aromatic rings. The number of halogens is 1. The van der Waals surface area contributed by atoms with E-state index in [0.29, 0.717) is 18.2 Å². The van der Waals surface area contributed by atoms with Crippen LogP contribution in [0.25, 0.3) is 0 Å². The third-order valence-electron chi connectivity index (χ3n) is 2.42. The quantitative estimate of drug-likeness (QED) is 0.819. The monoisotopic (exact) mass is 311 g/mol. The largest absolute Gasteiger partial charge is 0.483 e. The van der Waals surface area contributed by atoms with Gasteiger partial charge in [0.05, 0.1) is 4.47 Å². The Kier molecular flexibility index (Phi) is 5.92. The van der Waals surface area contributed by atoms with Gasteiger partial charge in [0.2, 0.25) is 0 Å². The molecule has 0 atom stereocenters. The summed E-state index contributed by atoms with van der Waals surface area (Å²) < 4.78 is 6.30. The van der Waals surface area contributed by atoms with Crippen LogP contribution in [0.15, 0.2) is 35.3 Å². The van der Waals surface area contributed by atoms with E-state index < -0.39 is 0 Å². The first kappa shape index (κ1) is 14.8. The molecule has 1 amide bonds. The predicted molar refractivity (Wildman–Crippen MR) is 76.9 cm³/mol. The number of hydrogen-bond acceptors (Lipinski definition) is 2. The number of ether oxygens (including phenoxy) is 1. The number of hydrogen-bond donors (Lipinski definition) is 1. The summed E-state index contributed by atoms with van der Waals surface area (Å²) in [6, 6.07) is 5.90. The van der Waals surface area contributed by atoms with Crippen LogP contribution in [0.5, 0.6) is 5.75 Å². The maximum atomic E-state index is 11.4. The molecule has 0 bridgehead atoms. The maximum Gasteiger partial charge on any atom is 0.258 e. The molecule has 3 nitrogen and oxygen atoms in total. The first-order chi connectivity index (χ1) is 8.54. The van der Waals surface area contributed by atoms with Gasteiger partial charge in [0, 0.05) is 6.54 Å². The zero-order valence-corrected chi connectivity index (χ0v) is 12.3. The minimum Gasteiger partial charge on any atom is -0.483 e. The lowest BCUT2D eigenvalue weighted by atomic mass is 10.0. The molecule has 98 valence electrons. The Morgan fingerprint density at radius 2 is 2.28 bits per heavy atom. The molecule has 0 unspecified atom stereocenters. The number of rotatable bonds is 6. The smallest absolute Gasteiger partial charge is 0.258 e. The zero-order chi connectivity index (χ0) is 13.5. The zero-order valence-electron chi connectivity index (χ0n) is 10.7. The number of amides is 1. The highest BCUT2D eigenvalue weighted by molar-refractivity contribution is 9.10. The Balaban J connectivity index is 2.57. The van der Waals surface area contributed by atoms with E-state index in [1.807, 2.05) is 18.2 Å². The third kappa shape index (κ3) is 4.53. The summed E-state index contributed by atoms with van der Waals surface area (Å²) in [5.41, 5.74) is 1.23. The number of nitrogens with one attached hydrogen (secondary N) is 1. The van der Waals surface area contributed by atoms with E-state index in [1.165, 1.54) is 5.56 Å². The van der Waals surface area contributed by atoms with Crippen LogP contribution in [0.1, 0.15) is 25.3 Å². The van der Waals surface area contributed by atoms with Gasteiger partial charge in [-0.1, -0.05) is 26.0 Å². The molecule has 1 N–H and O–H groups in total. The topological polar surface area (TPSA) is 38.3 Å². The Bertz CT molecular complexity index is 430. The van der Waals surface area contributed by atoms with Crippen LogP contribution in [0.3, 0.4) is 0 Å². The first-order valence-electron chi connectivity index (χ1n) is 5.84. The van der Waals surface area contributed by atoms with E-state index >= 15 is 0 Å². The average molecular weight is 312 g/mol. The number of carbonyl (C=O) groups excluding carboxylic acids is 1. The van der Waals surface area contributed by atoms with Gasteiger partial charge < -0.3 is 10.1 Å². The van der Waals surface area contributed by atoms with E-state index in [-0.39, 0.29) is 12.5 Å². The highest BCUT2D eigenvalue weighted by atomic mass is 79.9. The molecular weight excluding hydrogens is 294 g/mol. The Morgan fingerprint density at radius 3 is 2.83 bits per heavy atom. The SMILES string of the molecule is C=CCNC(=O)COc1ccc(C(C)C)cc1Br. The molecule has 0 radical (unpaired) electrons. The van der Waals surface area contributed by atoms with Crippen molar-refractivity contribution in [2.75, 3.05) is 13.2 Å². The summed E-state index contributed by atoms with van der Waals surface area (Å²) in [6.45, 7) is 8.25. The molecule has 0 heterocycles. The molecular formula is C14H18BrNO2. The lowest BCUT2D eigenvalue weighted by Gasteiger charge is -2.11. The van der Waals surface area contributed by atoms with Crippen LogP contribution >= 0.6 is 15.9 Å². The molecule has 0 saturated heterocycles. The van der Waals surface area contributed by atoms with Crippen molar-refractivity contribution in [2.45, 2.75) is 19.8 Å². The van der Waals surface area contributed by atoms with Crippen molar-refractivity contribution in [2.24, 2.45) is 0 Å². The maximum absolute atomic E-state index is 11.4. The minimum absolute atomic E-state index is 0.00741. The summed E-state index contributed by atoms with van der Waals surface area (Å²) in [7, 11) is 0. The molecule has 0 aliphatic rings. The molecule has 0 spiro atoms. The highest BCUT2D eigenvalue weighted by Crippen LogP contribution is 2.28. The molecule has 1 aromatic carbocycles. The van der Waals surface area contributed by atoms with Gasteiger partial charge in [-0.15, -0.1) is 6.58 Å². The van der Waals surface area contributed by atoms with Crippen LogP contribution in [0, 0.1) is 0 Å². The van der Waals surface area contributed by atoms with Gasteiger partial charge >= 0.3 is 0 Å². The fourth-order valence-corrected chi connectivity index (χ4v) is 1.88. The molecule has 0 aromatic heterocycles. The normalized spacial score (nSPS) is 10.2. The molecule has 4 heteroatoms. The lowest BCUT2D eigenvalue weighted by Crippen LogP contribution is -2.28. The van der Waals surface area contributed by atoms with Crippen LogP contribution in [0.2, 0.25) is 0 Å². The second kappa shape index (κ2) is 7.21. The van der Waals surface area contributed by atoms with E-state index in [9.17, 15) is 4.79 Å². The van der Waals surface area contributed by atoms with Crippen molar-refractivity contribution < 1.29 is 9.53 Å². The van der Waals surface area contributed by atoms with Crippen molar-refractivity contribution in [1.29, 1.82) is 0 Å². The standard InChI is InChI=1S/C14H18BrNO2/c1-4-7-16-14(17)9-18-13-6-5-11(10(2)3)8-12(13)15/h4-6,8,10H,1,7,9H2,2-3H3,(H,16,17). The predicted octanol–water partition coefficient (Wildman–Crippen LogP) is 3.25. The lowest BCUT2D eigenvalue weighted by molar-refractivity contribution is -0.122. The molecule has 0 fully saturated rings. The Hall–Kier alpha value is -1.29. The fourth-order valence-electron chi connectivity index (χ4n) is 1.37. The van der Waals surface area contributed by atoms with Crippen molar-refractivity contribution in [3.05, 3.63) is 40.9 Å². The van der Waals surface area contributed by atoms with Gasteiger partial charge in [-0.3, -0.25) is 4.79 Å². The summed E-state index contributed by atoms with van der Waals surface area (Å²) >= 11 is 3.45. The van der Waals surface area contributed by atoms with E-state index in [1.54, 1.807) is 6.08 Å². The van der Waals surface area contributed by atoms with Gasteiger partial charge in [-0.05, 0) is 39.5 Å². The fraction of sp³-hybridized carbons (Fsp3) is 0.357. The van der Waals surface area contributed by atoms with E-state index in [0.717, 1.165) is 4.47 Å². The Labute approximate surface area is 116 Å². The van der Waals surface area contributed by atoms with Gasteiger partial charge in [0.15, 0.2) is 6.61 Å². The van der Waals surface area contributed by atoms with Crippen LogP contribution < -0.4 is 10.1 Å².